The number of nitriles is 1. The molecule has 1 atom stereocenters. The molecule has 12 heteroatoms. The minimum absolute atomic E-state index is 0.275. The largest absolute Gasteiger partial charge is 0.444 e. The summed E-state index contributed by atoms with van der Waals surface area (Å²) >= 11 is 19.6. The first-order chi connectivity index (χ1) is 26.7. The Bertz CT molecular complexity index is 2370. The normalized spacial score (nSPS) is 14.1. The number of hydrogen-bond acceptors (Lipinski definition) is 6. The van der Waals surface area contributed by atoms with Gasteiger partial charge in [0.05, 0.1) is 34.7 Å². The summed E-state index contributed by atoms with van der Waals surface area (Å²) in [6, 6.07) is 27.8. The lowest BCUT2D eigenvalue weighted by molar-refractivity contribution is 0.0240. The zero-order valence-corrected chi connectivity index (χ0v) is 34.2. The molecule has 6 rings (SSSR count). The topological polar surface area (TPSA) is 105 Å². The first-order valence-corrected chi connectivity index (χ1v) is 19.3. The molecule has 2 heterocycles. The second-order valence-corrected chi connectivity index (χ2v) is 15.9. The van der Waals surface area contributed by atoms with E-state index in [-0.39, 0.29) is 17.8 Å². The van der Waals surface area contributed by atoms with Crippen LogP contribution in [0.4, 0.5) is 16.2 Å². The summed E-state index contributed by atoms with van der Waals surface area (Å²) in [5, 5.41) is 15.3. The van der Waals surface area contributed by atoms with E-state index >= 15 is 0 Å². The van der Waals surface area contributed by atoms with Crippen molar-refractivity contribution in [2.45, 2.75) is 46.3 Å². The molecule has 0 bridgehead atoms. The van der Waals surface area contributed by atoms with Crippen LogP contribution in [0, 0.1) is 11.3 Å². The van der Waals surface area contributed by atoms with Gasteiger partial charge >= 0.3 is 6.09 Å². The van der Waals surface area contributed by atoms with Crippen molar-refractivity contribution in [1.29, 1.82) is 5.26 Å². The molecule has 1 aliphatic rings. The van der Waals surface area contributed by atoms with Crippen LogP contribution in [0.3, 0.4) is 0 Å². The monoisotopic (exact) mass is 808 g/mol. The Kier molecular flexibility index (Phi) is 12.1. The van der Waals surface area contributed by atoms with Crippen molar-refractivity contribution in [2.75, 3.05) is 36.4 Å². The molecule has 2 amide bonds. The van der Waals surface area contributed by atoms with Crippen molar-refractivity contribution in [3.05, 3.63) is 141 Å². The smallest absolute Gasteiger partial charge is 0.410 e. The van der Waals surface area contributed by atoms with Crippen LogP contribution in [0.5, 0.6) is 0 Å². The first kappa shape index (κ1) is 40.3. The summed E-state index contributed by atoms with van der Waals surface area (Å²) in [4.78, 5) is 36.8. The van der Waals surface area contributed by atoms with Crippen molar-refractivity contribution < 1.29 is 14.3 Å². The molecule has 4 aromatic carbocycles. The molecule has 1 aromatic heterocycles. The Labute approximate surface area is 342 Å². The number of hydrogen-bond donors (Lipinski definition) is 2. The van der Waals surface area contributed by atoms with Gasteiger partial charge < -0.3 is 29.7 Å². The van der Waals surface area contributed by atoms with Gasteiger partial charge in [-0.3, -0.25) is 4.79 Å². The molecule has 1 saturated heterocycles. The average molecular weight is 810 g/mol. The maximum absolute atomic E-state index is 14.9. The van der Waals surface area contributed by atoms with Crippen molar-refractivity contribution >= 4 is 80.4 Å². The predicted molar refractivity (Wildman–Crippen MR) is 228 cm³/mol. The molecular formula is C44H43Cl3N6O3. The number of H-pyrrole nitrogens is 1. The number of nitrogens with zero attached hydrogens (tertiary/aromatic N) is 4. The fraction of sp³-hybridized carbons (Fsp3) is 0.250. The van der Waals surface area contributed by atoms with Gasteiger partial charge in [-0.15, -0.1) is 0 Å². The Balaban J connectivity index is 1.46. The van der Waals surface area contributed by atoms with Crippen LogP contribution in [-0.2, 0) is 4.74 Å². The number of allylic oxidation sites excluding steroid dienone is 1. The molecule has 56 heavy (non-hydrogen) atoms. The molecule has 1 aliphatic heterocycles. The minimum Gasteiger partial charge on any atom is -0.444 e. The number of amides is 2. The summed E-state index contributed by atoms with van der Waals surface area (Å²) in [5.74, 6) is -0.435. The molecule has 0 spiro atoms. The van der Waals surface area contributed by atoms with E-state index in [1.54, 1.807) is 47.5 Å². The highest BCUT2D eigenvalue weighted by atomic mass is 35.5. The molecule has 1 fully saturated rings. The number of carbonyl (C=O) groups is 2. The lowest BCUT2D eigenvalue weighted by Crippen LogP contribution is -2.50. The third-order valence-electron chi connectivity index (χ3n) is 9.72. The van der Waals surface area contributed by atoms with Crippen LogP contribution >= 0.6 is 34.8 Å². The van der Waals surface area contributed by atoms with Gasteiger partial charge in [-0.2, -0.15) is 5.26 Å². The highest BCUT2D eigenvalue weighted by Gasteiger charge is 2.31. The van der Waals surface area contributed by atoms with Gasteiger partial charge in [0.15, 0.2) is 0 Å². The summed E-state index contributed by atoms with van der Waals surface area (Å²) in [6.07, 6.45) is 1.37. The van der Waals surface area contributed by atoms with Crippen molar-refractivity contribution in [3.8, 4) is 6.07 Å². The number of anilines is 2. The number of benzene rings is 4. The fourth-order valence-corrected chi connectivity index (χ4v) is 7.72. The molecule has 0 aliphatic carbocycles. The number of rotatable bonds is 9. The molecule has 0 saturated carbocycles. The van der Waals surface area contributed by atoms with Gasteiger partial charge in [0.2, 0.25) is 0 Å². The SMILES string of the molecule is C=CN(/C(=C(\C)c1ccccc1)c1c(C(=O)Nc2cc(C#N)ccc2N2CCN(C(=O)OC(C)(C)C)CC2)[nH]c2cc(Cl)ccc12)C(C)c1ccc(Cl)cc1Cl. The Morgan fingerprint density at radius 2 is 1.64 bits per heavy atom. The van der Waals surface area contributed by atoms with Crippen molar-refractivity contribution in [2.24, 2.45) is 0 Å². The van der Waals surface area contributed by atoms with Crippen LogP contribution in [0.25, 0.3) is 22.2 Å². The molecule has 2 N–H and O–H groups in total. The lowest BCUT2D eigenvalue weighted by Gasteiger charge is -2.37. The zero-order chi connectivity index (χ0) is 40.3. The number of fused-ring (bicyclic) bond motifs is 1. The quantitative estimate of drug-likeness (QED) is 0.154. The van der Waals surface area contributed by atoms with Crippen molar-refractivity contribution in [3.63, 3.8) is 0 Å². The van der Waals surface area contributed by atoms with E-state index in [0.29, 0.717) is 69.3 Å². The highest BCUT2D eigenvalue weighted by Crippen LogP contribution is 2.43. The number of aromatic amines is 1. The van der Waals surface area contributed by atoms with E-state index in [4.69, 9.17) is 39.5 Å². The van der Waals surface area contributed by atoms with Gasteiger partial charge in [0.25, 0.3) is 5.91 Å². The summed E-state index contributed by atoms with van der Waals surface area (Å²) in [5.41, 5.74) is 5.84. The van der Waals surface area contributed by atoms with Crippen LogP contribution in [0.2, 0.25) is 15.1 Å². The third kappa shape index (κ3) is 8.69. The van der Waals surface area contributed by atoms with Gasteiger partial charge in [-0.25, -0.2) is 4.79 Å². The number of aromatic nitrogens is 1. The third-order valence-corrected chi connectivity index (χ3v) is 10.5. The van der Waals surface area contributed by atoms with Crippen LogP contribution in [0.1, 0.15) is 73.4 Å². The molecule has 288 valence electrons. The minimum atomic E-state index is -0.607. The first-order valence-electron chi connectivity index (χ1n) is 18.2. The Morgan fingerprint density at radius 1 is 0.964 bits per heavy atom. The van der Waals surface area contributed by atoms with Gasteiger partial charge in [0.1, 0.15) is 11.3 Å². The fourth-order valence-electron chi connectivity index (χ4n) is 6.98. The van der Waals surface area contributed by atoms with E-state index in [1.165, 1.54) is 0 Å². The van der Waals surface area contributed by atoms with E-state index in [0.717, 1.165) is 27.8 Å². The van der Waals surface area contributed by atoms with Gasteiger partial charge in [0, 0.05) is 57.7 Å². The predicted octanol–water partition coefficient (Wildman–Crippen LogP) is 11.4. The highest BCUT2D eigenvalue weighted by molar-refractivity contribution is 6.35. The number of carbonyl (C=O) groups excluding carboxylic acids is 2. The van der Waals surface area contributed by atoms with Crippen molar-refractivity contribution in [1.82, 2.24) is 14.8 Å². The summed E-state index contributed by atoms with van der Waals surface area (Å²) in [6.45, 7) is 15.6. The number of piperazine rings is 1. The Morgan fingerprint density at radius 3 is 2.29 bits per heavy atom. The Hall–Kier alpha value is -5.40. The molecule has 5 aromatic rings. The maximum atomic E-state index is 14.9. The van der Waals surface area contributed by atoms with Gasteiger partial charge in [-0.1, -0.05) is 83.8 Å². The van der Waals surface area contributed by atoms with E-state index in [1.807, 2.05) is 88.0 Å². The van der Waals surface area contributed by atoms with Gasteiger partial charge in [-0.05, 0) is 100.0 Å². The summed E-state index contributed by atoms with van der Waals surface area (Å²) < 4.78 is 5.60. The number of ether oxygens (including phenoxy) is 1. The second-order valence-electron chi connectivity index (χ2n) is 14.6. The van der Waals surface area contributed by atoms with Crippen LogP contribution in [0.15, 0.2) is 97.7 Å². The summed E-state index contributed by atoms with van der Waals surface area (Å²) in [7, 11) is 0. The molecule has 0 radical (unpaired) electrons. The molecular weight excluding hydrogens is 767 g/mol. The second kappa shape index (κ2) is 16.8. The van der Waals surface area contributed by atoms with E-state index < -0.39 is 11.5 Å². The lowest BCUT2D eigenvalue weighted by atomic mass is 9.95. The zero-order valence-electron chi connectivity index (χ0n) is 31.9. The standard InChI is InChI=1S/C44H43Cl3N6O3/c1-7-53(28(3)33-16-14-31(45)24-35(33)47)41(27(2)30-11-9-8-10-12-30)39-34-17-15-32(46)25-36(34)49-40(39)42(54)50-37-23-29(26-48)13-18-38(37)51-19-21-52(22-20-51)43(55)56-44(4,5)6/h7-18,23-25,28,49H,1,19-22H2,2-6H3,(H,50,54)/b41-27+. The molecule has 9 nitrogen and oxygen atoms in total. The van der Waals surface area contributed by atoms with E-state index in [9.17, 15) is 14.9 Å². The number of nitrogens with one attached hydrogen (secondary N) is 2. The van der Waals surface area contributed by atoms with Crippen LogP contribution in [-0.4, -0.2) is 58.6 Å². The van der Waals surface area contributed by atoms with Crippen LogP contribution < -0.4 is 10.2 Å². The van der Waals surface area contributed by atoms with E-state index in [2.05, 4.69) is 27.8 Å². The average Bonchev–Trinajstić information content (AvgIpc) is 3.54. The maximum Gasteiger partial charge on any atom is 0.410 e. The number of halogens is 3. The molecule has 1 unspecified atom stereocenters.